The summed E-state index contributed by atoms with van der Waals surface area (Å²) in [7, 11) is 0.795. The second kappa shape index (κ2) is 5.83. The van der Waals surface area contributed by atoms with Gasteiger partial charge in [-0.2, -0.15) is 0 Å². The molecule has 0 saturated carbocycles. The zero-order valence-electron chi connectivity index (χ0n) is 10.2. The molecule has 0 aromatic heterocycles. The Balaban J connectivity index is 3.20. The van der Waals surface area contributed by atoms with Crippen LogP contribution in [-0.4, -0.2) is 20.9 Å². The molecule has 0 saturated heterocycles. The van der Waals surface area contributed by atoms with E-state index in [2.05, 4.69) is 5.32 Å². The van der Waals surface area contributed by atoms with E-state index in [1.54, 1.807) is 0 Å². The second-order valence-corrected chi connectivity index (χ2v) is 6.87. The highest BCUT2D eigenvalue weighted by Gasteiger charge is 2.21. The van der Waals surface area contributed by atoms with E-state index in [0.29, 0.717) is 12.1 Å². The minimum Gasteiger partial charge on any atom is -0.352 e. The van der Waals surface area contributed by atoms with Crippen LogP contribution in [0.5, 0.6) is 0 Å². The van der Waals surface area contributed by atoms with E-state index in [4.69, 9.17) is 10.7 Å². The molecule has 0 aliphatic heterocycles. The van der Waals surface area contributed by atoms with Gasteiger partial charge in [-0.15, -0.1) is 0 Å². The minimum atomic E-state index is -4.24. The topological polar surface area (TPSA) is 63.2 Å². The van der Waals surface area contributed by atoms with Crippen LogP contribution < -0.4 is 5.32 Å². The maximum Gasteiger partial charge on any atom is 0.261 e. The molecule has 0 atom stereocenters. The molecule has 0 aliphatic carbocycles. The molecule has 0 unspecified atom stereocenters. The van der Waals surface area contributed by atoms with Crippen molar-refractivity contribution in [1.29, 1.82) is 0 Å². The Kier molecular flexibility index (Phi) is 4.86. The lowest BCUT2D eigenvalue weighted by molar-refractivity contribution is 0.0943. The Bertz CT molecular complexity index is 602. The summed E-state index contributed by atoms with van der Waals surface area (Å²) < 4.78 is 48.9. The number of amides is 1. The quantitative estimate of drug-likeness (QED) is 0.868. The van der Waals surface area contributed by atoms with E-state index in [1.165, 1.54) is 0 Å². The summed E-state index contributed by atoms with van der Waals surface area (Å²) in [5.74, 6) is -3.65. The van der Waals surface area contributed by atoms with Crippen LogP contribution >= 0.6 is 10.7 Å². The fraction of sp³-hybridized carbons (Fsp3) is 0.364. The van der Waals surface area contributed by atoms with Gasteiger partial charge in [-0.3, -0.25) is 4.79 Å². The molecule has 106 valence electrons. The number of carbonyl (C=O) groups excluding carboxylic acids is 1. The maximum absolute atomic E-state index is 13.5. The van der Waals surface area contributed by atoms with E-state index >= 15 is 0 Å². The van der Waals surface area contributed by atoms with Crippen LogP contribution in [0.15, 0.2) is 17.0 Å². The summed E-state index contributed by atoms with van der Waals surface area (Å²) in [5.41, 5.74) is -0.695. The lowest BCUT2D eigenvalue weighted by atomic mass is 10.1. The molecule has 0 radical (unpaired) electrons. The van der Waals surface area contributed by atoms with Crippen molar-refractivity contribution in [2.75, 3.05) is 6.54 Å². The molecule has 1 N–H and O–H groups in total. The fourth-order valence-corrected chi connectivity index (χ4v) is 2.03. The Morgan fingerprint density at radius 3 is 2.42 bits per heavy atom. The van der Waals surface area contributed by atoms with Crippen LogP contribution in [-0.2, 0) is 9.05 Å². The molecule has 1 aromatic rings. The zero-order valence-corrected chi connectivity index (χ0v) is 11.8. The van der Waals surface area contributed by atoms with Gasteiger partial charge in [0.05, 0.1) is 10.5 Å². The highest BCUT2D eigenvalue weighted by molar-refractivity contribution is 8.13. The number of halogens is 3. The first-order valence-corrected chi connectivity index (χ1v) is 7.65. The van der Waals surface area contributed by atoms with Crippen LogP contribution in [0.3, 0.4) is 0 Å². The molecular weight excluding hydrogens is 300 g/mol. The van der Waals surface area contributed by atoms with Crippen LogP contribution in [0, 0.1) is 17.6 Å². The van der Waals surface area contributed by atoms with Crippen molar-refractivity contribution < 1.29 is 22.0 Å². The van der Waals surface area contributed by atoms with Crippen molar-refractivity contribution in [1.82, 2.24) is 5.32 Å². The summed E-state index contributed by atoms with van der Waals surface area (Å²) in [6, 6.07) is 1.13. The normalized spacial score (nSPS) is 11.7. The maximum atomic E-state index is 13.5. The Morgan fingerprint density at radius 1 is 1.37 bits per heavy atom. The summed E-state index contributed by atoms with van der Waals surface area (Å²) in [6.45, 7) is 3.88. The van der Waals surface area contributed by atoms with E-state index in [9.17, 15) is 22.0 Å². The first kappa shape index (κ1) is 15.8. The summed E-state index contributed by atoms with van der Waals surface area (Å²) in [4.78, 5) is 11.0. The van der Waals surface area contributed by atoms with Crippen molar-refractivity contribution in [2.45, 2.75) is 18.7 Å². The van der Waals surface area contributed by atoms with Crippen molar-refractivity contribution >= 4 is 25.6 Å². The Hall–Kier alpha value is -1.21. The molecular formula is C11H12ClF2NO3S. The molecule has 0 heterocycles. The number of nitrogens with one attached hydrogen (secondary N) is 1. The van der Waals surface area contributed by atoms with Crippen LogP contribution in [0.25, 0.3) is 0 Å². The molecule has 4 nitrogen and oxygen atoms in total. The highest BCUT2D eigenvalue weighted by atomic mass is 35.7. The van der Waals surface area contributed by atoms with E-state index in [-0.39, 0.29) is 12.5 Å². The van der Waals surface area contributed by atoms with Gasteiger partial charge >= 0.3 is 0 Å². The van der Waals surface area contributed by atoms with Crippen LogP contribution in [0.1, 0.15) is 24.2 Å². The van der Waals surface area contributed by atoms with Crippen molar-refractivity contribution in [2.24, 2.45) is 5.92 Å². The van der Waals surface area contributed by atoms with Crippen LogP contribution in [0.2, 0.25) is 0 Å². The number of carbonyl (C=O) groups is 1. The van der Waals surface area contributed by atoms with Gasteiger partial charge in [0.15, 0.2) is 11.6 Å². The van der Waals surface area contributed by atoms with Gasteiger partial charge in [0.1, 0.15) is 0 Å². The van der Waals surface area contributed by atoms with Crippen molar-refractivity contribution in [3.63, 3.8) is 0 Å². The van der Waals surface area contributed by atoms with Gasteiger partial charge in [0.2, 0.25) is 0 Å². The average molecular weight is 312 g/mol. The van der Waals surface area contributed by atoms with Gasteiger partial charge in [0, 0.05) is 17.2 Å². The fourth-order valence-electron chi connectivity index (χ4n) is 1.26. The van der Waals surface area contributed by atoms with Gasteiger partial charge in [-0.05, 0) is 18.1 Å². The zero-order chi connectivity index (χ0) is 14.8. The third-order valence-corrected chi connectivity index (χ3v) is 3.53. The lowest BCUT2D eigenvalue weighted by Crippen LogP contribution is -2.28. The third kappa shape index (κ3) is 4.14. The van der Waals surface area contributed by atoms with Gasteiger partial charge in [-0.1, -0.05) is 13.8 Å². The highest BCUT2D eigenvalue weighted by Crippen LogP contribution is 2.21. The number of hydrogen-bond acceptors (Lipinski definition) is 3. The number of benzene rings is 1. The summed E-state index contributed by atoms with van der Waals surface area (Å²) >= 11 is 0. The summed E-state index contributed by atoms with van der Waals surface area (Å²) in [5, 5.41) is 2.36. The van der Waals surface area contributed by atoms with E-state index < -0.39 is 37.1 Å². The Labute approximate surface area is 114 Å². The van der Waals surface area contributed by atoms with Gasteiger partial charge < -0.3 is 5.32 Å². The molecule has 1 amide bonds. The van der Waals surface area contributed by atoms with E-state index in [1.807, 2.05) is 13.8 Å². The molecule has 0 spiro atoms. The smallest absolute Gasteiger partial charge is 0.261 e. The Morgan fingerprint density at radius 2 is 1.95 bits per heavy atom. The van der Waals surface area contributed by atoms with Gasteiger partial charge in [0.25, 0.3) is 15.0 Å². The van der Waals surface area contributed by atoms with Crippen LogP contribution in [0.4, 0.5) is 8.78 Å². The lowest BCUT2D eigenvalue weighted by Gasteiger charge is -2.09. The molecule has 0 fully saturated rings. The minimum absolute atomic E-state index is 0.108. The molecule has 0 aliphatic rings. The molecule has 1 aromatic carbocycles. The first-order chi connectivity index (χ1) is 8.62. The first-order valence-electron chi connectivity index (χ1n) is 5.35. The van der Waals surface area contributed by atoms with Crippen molar-refractivity contribution in [3.8, 4) is 0 Å². The second-order valence-electron chi connectivity index (χ2n) is 4.31. The third-order valence-electron chi connectivity index (χ3n) is 2.20. The summed E-state index contributed by atoms with van der Waals surface area (Å²) in [6.07, 6.45) is 0. The largest absolute Gasteiger partial charge is 0.352 e. The molecule has 8 heteroatoms. The SMILES string of the molecule is CC(C)CNC(=O)c1cc(S(=O)(=O)Cl)cc(F)c1F. The van der Waals surface area contributed by atoms with Gasteiger partial charge in [-0.25, -0.2) is 17.2 Å². The standard InChI is InChI=1S/C11H12ClF2NO3S/c1-6(2)5-15-11(16)8-3-7(19(12,17)18)4-9(13)10(8)14/h3-4,6H,5H2,1-2H3,(H,15,16). The predicted molar refractivity (Wildman–Crippen MR) is 66.6 cm³/mol. The monoisotopic (exact) mass is 311 g/mol. The molecule has 0 bridgehead atoms. The van der Waals surface area contributed by atoms with E-state index in [0.717, 1.165) is 0 Å². The molecule has 19 heavy (non-hydrogen) atoms. The predicted octanol–water partition coefficient (Wildman–Crippen LogP) is 2.28. The number of rotatable bonds is 4. The molecule has 1 rings (SSSR count). The average Bonchev–Trinajstić information content (AvgIpc) is 2.27. The number of hydrogen-bond donors (Lipinski definition) is 1. The van der Waals surface area contributed by atoms with Crippen molar-refractivity contribution in [3.05, 3.63) is 29.3 Å².